The zero-order chi connectivity index (χ0) is 24.3. The molecule has 0 unspecified atom stereocenters. The molecule has 0 saturated carbocycles. The summed E-state index contributed by atoms with van der Waals surface area (Å²) < 4.78 is 50.9. The maximum atomic E-state index is 13.4. The summed E-state index contributed by atoms with van der Waals surface area (Å²) in [5.74, 6) is 0.104. The predicted molar refractivity (Wildman–Crippen MR) is 123 cm³/mol. The number of methoxy groups -OCH3 is 1. The SMILES string of the molecule is COC(=O)Cc1ccccc1OCc1cc(-c2cccc(CN)c2)c2cc(C(F)(F)F)[nH]c2c1. The van der Waals surface area contributed by atoms with Gasteiger partial charge in [-0.15, -0.1) is 0 Å². The summed E-state index contributed by atoms with van der Waals surface area (Å²) in [6, 6.07) is 19.0. The number of H-pyrrole nitrogens is 1. The normalized spacial score (nSPS) is 11.6. The van der Waals surface area contributed by atoms with Gasteiger partial charge in [0.25, 0.3) is 0 Å². The Balaban J connectivity index is 1.73. The highest BCUT2D eigenvalue weighted by Crippen LogP contribution is 2.37. The first kappa shape index (κ1) is 23.4. The minimum Gasteiger partial charge on any atom is -0.489 e. The first-order valence-corrected chi connectivity index (χ1v) is 10.6. The fourth-order valence-electron chi connectivity index (χ4n) is 3.82. The molecule has 4 aromatic rings. The summed E-state index contributed by atoms with van der Waals surface area (Å²) in [7, 11) is 1.31. The molecule has 176 valence electrons. The van der Waals surface area contributed by atoms with Gasteiger partial charge in [-0.1, -0.05) is 36.4 Å². The number of ether oxygens (including phenoxy) is 2. The quantitative estimate of drug-likeness (QED) is 0.346. The number of esters is 1. The average molecular weight is 468 g/mol. The van der Waals surface area contributed by atoms with Crippen molar-refractivity contribution in [3.8, 4) is 16.9 Å². The highest BCUT2D eigenvalue weighted by molar-refractivity contribution is 5.96. The first-order valence-electron chi connectivity index (χ1n) is 10.6. The van der Waals surface area contributed by atoms with E-state index in [9.17, 15) is 18.0 Å². The number of alkyl halides is 3. The van der Waals surface area contributed by atoms with Crippen molar-refractivity contribution in [2.24, 2.45) is 5.73 Å². The standard InChI is InChI=1S/C26H23F3N2O3/c1-33-25(32)12-19-6-2-3-8-23(19)34-15-17-10-20(18-7-4-5-16(9-18)14-30)21-13-24(26(27,28)29)31-22(21)11-17/h2-11,13,31H,12,14-15,30H2,1H3. The summed E-state index contributed by atoms with van der Waals surface area (Å²) in [5, 5.41) is 0.455. The van der Waals surface area contributed by atoms with Crippen molar-refractivity contribution in [3.63, 3.8) is 0 Å². The number of benzene rings is 3. The Morgan fingerprint density at radius 2 is 1.79 bits per heavy atom. The van der Waals surface area contributed by atoms with Gasteiger partial charge >= 0.3 is 12.1 Å². The molecule has 5 nitrogen and oxygen atoms in total. The lowest BCUT2D eigenvalue weighted by molar-refractivity contribution is -0.141. The predicted octanol–water partition coefficient (Wildman–Crippen LogP) is 5.61. The second-order valence-electron chi connectivity index (χ2n) is 7.84. The Morgan fingerprint density at radius 1 is 1.00 bits per heavy atom. The molecule has 0 radical (unpaired) electrons. The molecule has 0 aliphatic heterocycles. The van der Waals surface area contributed by atoms with Crippen LogP contribution in [0.1, 0.15) is 22.4 Å². The lowest BCUT2D eigenvalue weighted by atomic mass is 9.97. The van der Waals surface area contributed by atoms with Crippen LogP contribution >= 0.6 is 0 Å². The van der Waals surface area contributed by atoms with E-state index in [-0.39, 0.29) is 13.0 Å². The Hall–Kier alpha value is -3.78. The van der Waals surface area contributed by atoms with Crippen LogP contribution in [0.25, 0.3) is 22.0 Å². The number of aromatic nitrogens is 1. The number of hydrogen-bond acceptors (Lipinski definition) is 4. The van der Waals surface area contributed by atoms with Gasteiger partial charge in [-0.25, -0.2) is 0 Å². The third-order valence-corrected chi connectivity index (χ3v) is 5.51. The van der Waals surface area contributed by atoms with Gasteiger partial charge in [0.2, 0.25) is 0 Å². The molecule has 0 aliphatic carbocycles. The number of rotatable bonds is 7. The minimum atomic E-state index is -4.50. The van der Waals surface area contributed by atoms with Crippen LogP contribution in [0.15, 0.2) is 66.7 Å². The Labute approximate surface area is 194 Å². The molecule has 8 heteroatoms. The third kappa shape index (κ3) is 5.07. The van der Waals surface area contributed by atoms with E-state index in [4.69, 9.17) is 15.2 Å². The van der Waals surface area contributed by atoms with E-state index in [1.165, 1.54) is 7.11 Å². The number of aromatic amines is 1. The number of carbonyl (C=O) groups is 1. The highest BCUT2D eigenvalue weighted by Gasteiger charge is 2.33. The molecule has 4 rings (SSSR count). The molecular weight excluding hydrogens is 445 g/mol. The van der Waals surface area contributed by atoms with E-state index in [2.05, 4.69) is 4.98 Å². The van der Waals surface area contributed by atoms with Gasteiger partial charge in [0.15, 0.2) is 0 Å². The Bertz CT molecular complexity index is 1330. The number of nitrogens with two attached hydrogens (primary N) is 1. The van der Waals surface area contributed by atoms with Crippen molar-refractivity contribution in [3.05, 3.63) is 89.1 Å². The van der Waals surface area contributed by atoms with Crippen LogP contribution < -0.4 is 10.5 Å². The van der Waals surface area contributed by atoms with Gasteiger partial charge in [-0.05, 0) is 52.6 Å². The van der Waals surface area contributed by atoms with Crippen LogP contribution in [0.3, 0.4) is 0 Å². The number of hydrogen-bond donors (Lipinski definition) is 2. The zero-order valence-electron chi connectivity index (χ0n) is 18.4. The molecular formula is C26H23F3N2O3. The van der Waals surface area contributed by atoms with Gasteiger partial charge in [0.05, 0.1) is 13.5 Å². The highest BCUT2D eigenvalue weighted by atomic mass is 19.4. The van der Waals surface area contributed by atoms with Crippen molar-refractivity contribution >= 4 is 16.9 Å². The molecule has 0 spiro atoms. The maximum absolute atomic E-state index is 13.4. The van der Waals surface area contributed by atoms with Gasteiger partial charge in [0.1, 0.15) is 18.1 Å². The van der Waals surface area contributed by atoms with Gasteiger partial charge in [-0.2, -0.15) is 13.2 Å². The van der Waals surface area contributed by atoms with E-state index < -0.39 is 17.8 Å². The second kappa shape index (κ2) is 9.61. The van der Waals surface area contributed by atoms with Crippen molar-refractivity contribution in [1.82, 2.24) is 4.98 Å². The topological polar surface area (TPSA) is 77.3 Å². The number of halogens is 3. The lowest BCUT2D eigenvalue weighted by Crippen LogP contribution is -2.07. The zero-order valence-corrected chi connectivity index (χ0v) is 18.4. The third-order valence-electron chi connectivity index (χ3n) is 5.51. The van der Waals surface area contributed by atoms with Crippen molar-refractivity contribution < 1.29 is 27.4 Å². The molecule has 0 amide bonds. The minimum absolute atomic E-state index is 0.0500. The molecule has 1 aromatic heterocycles. The molecule has 3 aromatic carbocycles. The van der Waals surface area contributed by atoms with Crippen LogP contribution in [-0.4, -0.2) is 18.1 Å². The first-order chi connectivity index (χ1) is 16.3. The molecule has 0 fully saturated rings. The molecule has 0 bridgehead atoms. The van der Waals surface area contributed by atoms with Crippen LogP contribution in [-0.2, 0) is 35.3 Å². The molecule has 3 N–H and O–H groups in total. The fourth-order valence-corrected chi connectivity index (χ4v) is 3.82. The molecule has 1 heterocycles. The lowest BCUT2D eigenvalue weighted by Gasteiger charge is -2.13. The number of carbonyl (C=O) groups excluding carboxylic acids is 1. The fraction of sp³-hybridized carbons (Fsp3) is 0.192. The van der Waals surface area contributed by atoms with E-state index in [0.29, 0.717) is 39.9 Å². The summed E-state index contributed by atoms with van der Waals surface area (Å²) in [4.78, 5) is 14.2. The van der Waals surface area contributed by atoms with Gasteiger partial charge in [-0.3, -0.25) is 4.79 Å². The Morgan fingerprint density at radius 3 is 2.53 bits per heavy atom. The maximum Gasteiger partial charge on any atom is 0.431 e. The summed E-state index contributed by atoms with van der Waals surface area (Å²) in [5.41, 5.74) is 8.89. The van der Waals surface area contributed by atoms with Crippen molar-refractivity contribution in [1.29, 1.82) is 0 Å². The number of nitrogens with one attached hydrogen (secondary N) is 1. The van der Waals surface area contributed by atoms with Crippen LogP contribution in [0.4, 0.5) is 13.2 Å². The van der Waals surface area contributed by atoms with Crippen LogP contribution in [0.5, 0.6) is 5.75 Å². The Kier molecular flexibility index (Phi) is 6.61. The number of para-hydroxylation sites is 1. The monoisotopic (exact) mass is 468 g/mol. The van der Waals surface area contributed by atoms with Crippen LogP contribution in [0, 0.1) is 0 Å². The number of fused-ring (bicyclic) bond motifs is 1. The van der Waals surface area contributed by atoms with E-state index in [1.807, 2.05) is 30.3 Å². The second-order valence-corrected chi connectivity index (χ2v) is 7.84. The smallest absolute Gasteiger partial charge is 0.431 e. The van der Waals surface area contributed by atoms with Crippen LogP contribution in [0.2, 0.25) is 0 Å². The van der Waals surface area contributed by atoms with E-state index >= 15 is 0 Å². The average Bonchev–Trinajstić information content (AvgIpc) is 3.28. The van der Waals surface area contributed by atoms with Gasteiger partial charge < -0.3 is 20.2 Å². The van der Waals surface area contributed by atoms with E-state index in [1.54, 1.807) is 30.3 Å². The largest absolute Gasteiger partial charge is 0.489 e. The summed E-state index contributed by atoms with van der Waals surface area (Å²) >= 11 is 0. The van der Waals surface area contributed by atoms with Crippen molar-refractivity contribution in [2.75, 3.05) is 7.11 Å². The summed E-state index contributed by atoms with van der Waals surface area (Å²) in [6.45, 7) is 0.412. The molecule has 0 aliphatic rings. The molecule has 0 atom stereocenters. The van der Waals surface area contributed by atoms with Gasteiger partial charge in [0, 0.05) is 23.0 Å². The van der Waals surface area contributed by atoms with E-state index in [0.717, 1.165) is 17.2 Å². The van der Waals surface area contributed by atoms with Crippen molar-refractivity contribution in [2.45, 2.75) is 25.7 Å². The summed E-state index contributed by atoms with van der Waals surface area (Å²) in [6.07, 6.45) is -4.45. The molecule has 34 heavy (non-hydrogen) atoms. The molecule has 0 saturated heterocycles.